The van der Waals surface area contributed by atoms with E-state index in [-0.39, 0.29) is 23.8 Å². The van der Waals surface area contributed by atoms with Gasteiger partial charge in [0.2, 0.25) is 15.9 Å². The molecule has 0 aliphatic carbocycles. The number of ether oxygens (including phenoxy) is 1. The van der Waals surface area contributed by atoms with Crippen molar-refractivity contribution >= 4 is 38.6 Å². The topological polar surface area (TPSA) is 123 Å². The van der Waals surface area contributed by atoms with Crippen LogP contribution in [-0.2, 0) is 26.1 Å². The van der Waals surface area contributed by atoms with Crippen LogP contribution < -0.4 is 5.32 Å². The fourth-order valence-electron chi connectivity index (χ4n) is 4.08. The van der Waals surface area contributed by atoms with Crippen LogP contribution in [0.3, 0.4) is 0 Å². The number of carbonyl (C=O) groups is 2. The molecule has 1 fully saturated rings. The molecular formula is C24H29N5O5S. The van der Waals surface area contributed by atoms with Gasteiger partial charge in [-0.2, -0.15) is 4.31 Å². The maximum absolute atomic E-state index is 12.9. The van der Waals surface area contributed by atoms with Crippen LogP contribution in [0.15, 0.2) is 47.4 Å². The smallest absolute Gasteiger partial charge is 0.338 e. The van der Waals surface area contributed by atoms with Crippen molar-refractivity contribution in [1.29, 1.82) is 0 Å². The van der Waals surface area contributed by atoms with Gasteiger partial charge in [0.05, 0.1) is 22.6 Å². The first kappa shape index (κ1) is 24.8. The highest BCUT2D eigenvalue weighted by molar-refractivity contribution is 7.89. The van der Waals surface area contributed by atoms with Gasteiger partial charge < -0.3 is 10.1 Å². The number of rotatable bonds is 9. The number of aromatic nitrogens is 3. The van der Waals surface area contributed by atoms with Crippen molar-refractivity contribution < 1.29 is 22.7 Å². The van der Waals surface area contributed by atoms with Crippen LogP contribution >= 0.6 is 0 Å². The normalized spacial score (nSPS) is 14.7. The maximum Gasteiger partial charge on any atom is 0.338 e. The van der Waals surface area contributed by atoms with Gasteiger partial charge >= 0.3 is 5.97 Å². The molecule has 2 heterocycles. The summed E-state index contributed by atoms with van der Waals surface area (Å²) in [6.07, 6.45) is 3.56. The molecule has 0 atom stereocenters. The molecule has 186 valence electrons. The van der Waals surface area contributed by atoms with E-state index < -0.39 is 16.0 Å². The van der Waals surface area contributed by atoms with Crippen molar-refractivity contribution in [2.24, 2.45) is 0 Å². The number of anilines is 1. The van der Waals surface area contributed by atoms with E-state index in [1.807, 2.05) is 0 Å². The third kappa shape index (κ3) is 5.85. The number of benzene rings is 2. The average Bonchev–Trinajstić information content (AvgIpc) is 3.27. The van der Waals surface area contributed by atoms with Gasteiger partial charge in [-0.3, -0.25) is 4.79 Å². The van der Waals surface area contributed by atoms with Gasteiger partial charge in [-0.15, -0.1) is 5.10 Å². The zero-order valence-electron chi connectivity index (χ0n) is 19.6. The molecule has 1 amide bonds. The summed E-state index contributed by atoms with van der Waals surface area (Å²) >= 11 is 0. The number of aryl methyl sites for hydroxylation is 1. The number of esters is 1. The first-order valence-corrected chi connectivity index (χ1v) is 13.2. The standard InChI is InChI=1S/C24H29N5O5S/c1-2-34-24(31)18-8-6-9-19(16-18)25-23(30)10-7-15-29-22-12-11-20(17-21(22)26-27-29)35(32,33)28-13-4-3-5-14-28/h6,8-9,11-12,16-17H,2-5,7,10,13-15H2,1H3,(H,25,30). The van der Waals surface area contributed by atoms with Gasteiger partial charge in [0.1, 0.15) is 5.52 Å². The Labute approximate surface area is 204 Å². The molecule has 4 rings (SSSR count). The predicted octanol–water partition coefficient (Wildman–Crippen LogP) is 3.20. The average molecular weight is 500 g/mol. The van der Waals surface area contributed by atoms with Crippen LogP contribution in [0.5, 0.6) is 0 Å². The molecule has 1 N–H and O–H groups in total. The van der Waals surface area contributed by atoms with Crippen LogP contribution in [0.2, 0.25) is 0 Å². The van der Waals surface area contributed by atoms with Crippen LogP contribution in [-0.4, -0.2) is 59.3 Å². The second-order valence-corrected chi connectivity index (χ2v) is 10.3. The second kappa shape index (κ2) is 11.0. The van der Waals surface area contributed by atoms with Crippen LogP contribution in [0, 0.1) is 0 Å². The Morgan fingerprint density at radius 2 is 1.89 bits per heavy atom. The fraction of sp³-hybridized carbons (Fsp3) is 0.417. The van der Waals surface area contributed by atoms with Crippen molar-refractivity contribution in [3.05, 3.63) is 48.0 Å². The van der Waals surface area contributed by atoms with Crippen LogP contribution in [0.25, 0.3) is 11.0 Å². The maximum atomic E-state index is 12.9. The summed E-state index contributed by atoms with van der Waals surface area (Å²) in [7, 11) is -3.54. The number of sulfonamides is 1. The monoisotopic (exact) mass is 499 g/mol. The molecule has 11 heteroatoms. The van der Waals surface area contributed by atoms with E-state index in [1.165, 1.54) is 4.31 Å². The summed E-state index contributed by atoms with van der Waals surface area (Å²) < 4.78 is 34.0. The molecule has 1 aliphatic heterocycles. The van der Waals surface area contributed by atoms with Crippen molar-refractivity contribution in [1.82, 2.24) is 19.3 Å². The third-order valence-electron chi connectivity index (χ3n) is 5.87. The molecule has 1 saturated heterocycles. The van der Waals surface area contributed by atoms with Crippen molar-refractivity contribution in [2.75, 3.05) is 25.0 Å². The number of amides is 1. The largest absolute Gasteiger partial charge is 0.462 e. The Balaban J connectivity index is 1.35. The van der Waals surface area contributed by atoms with Gasteiger partial charge in [-0.05, 0) is 62.6 Å². The molecule has 1 aromatic heterocycles. The van der Waals surface area contributed by atoms with E-state index >= 15 is 0 Å². The van der Waals surface area contributed by atoms with Crippen molar-refractivity contribution in [3.8, 4) is 0 Å². The first-order valence-electron chi connectivity index (χ1n) is 11.8. The summed E-state index contributed by atoms with van der Waals surface area (Å²) in [6, 6.07) is 11.5. The molecular weight excluding hydrogens is 470 g/mol. The molecule has 0 saturated carbocycles. The lowest BCUT2D eigenvalue weighted by Gasteiger charge is -2.25. The van der Waals surface area contributed by atoms with Gasteiger partial charge in [0.15, 0.2) is 0 Å². The summed E-state index contributed by atoms with van der Waals surface area (Å²) in [5.41, 5.74) is 2.11. The number of nitrogens with one attached hydrogen (secondary N) is 1. The van der Waals surface area contributed by atoms with Gasteiger partial charge in [0.25, 0.3) is 0 Å². The lowest BCUT2D eigenvalue weighted by atomic mass is 10.2. The quantitative estimate of drug-likeness (QED) is 0.448. The zero-order chi connectivity index (χ0) is 24.8. The first-order chi connectivity index (χ1) is 16.9. The fourth-order valence-corrected chi connectivity index (χ4v) is 5.62. The molecule has 3 aromatic rings. The second-order valence-electron chi connectivity index (χ2n) is 8.38. The summed E-state index contributed by atoms with van der Waals surface area (Å²) in [4.78, 5) is 24.5. The lowest BCUT2D eigenvalue weighted by molar-refractivity contribution is -0.116. The number of fused-ring (bicyclic) bond motifs is 1. The number of nitrogens with zero attached hydrogens (tertiary/aromatic N) is 4. The number of carbonyl (C=O) groups excluding carboxylic acids is 2. The highest BCUT2D eigenvalue weighted by Crippen LogP contribution is 2.23. The molecule has 0 bridgehead atoms. The Bertz CT molecular complexity index is 1310. The van der Waals surface area contributed by atoms with Crippen molar-refractivity contribution in [2.45, 2.75) is 50.5 Å². The zero-order valence-corrected chi connectivity index (χ0v) is 20.5. The van der Waals surface area contributed by atoms with E-state index in [0.29, 0.717) is 48.3 Å². The molecule has 10 nitrogen and oxygen atoms in total. The molecule has 35 heavy (non-hydrogen) atoms. The van der Waals surface area contributed by atoms with E-state index in [9.17, 15) is 18.0 Å². The number of piperidine rings is 1. The minimum Gasteiger partial charge on any atom is -0.462 e. The summed E-state index contributed by atoms with van der Waals surface area (Å²) in [6.45, 7) is 3.55. The Kier molecular flexibility index (Phi) is 7.76. The van der Waals surface area contributed by atoms with E-state index in [2.05, 4.69) is 15.6 Å². The molecule has 1 aliphatic rings. The van der Waals surface area contributed by atoms with Gasteiger partial charge in [0, 0.05) is 31.7 Å². The molecule has 2 aromatic carbocycles. The highest BCUT2D eigenvalue weighted by atomic mass is 32.2. The van der Waals surface area contributed by atoms with E-state index in [1.54, 1.807) is 54.1 Å². The van der Waals surface area contributed by atoms with E-state index in [0.717, 1.165) is 19.3 Å². The van der Waals surface area contributed by atoms with Crippen LogP contribution in [0.4, 0.5) is 5.69 Å². The van der Waals surface area contributed by atoms with Crippen LogP contribution in [0.1, 0.15) is 49.4 Å². The van der Waals surface area contributed by atoms with E-state index in [4.69, 9.17) is 4.74 Å². The molecule has 0 unspecified atom stereocenters. The molecule has 0 radical (unpaired) electrons. The Morgan fingerprint density at radius 1 is 1.09 bits per heavy atom. The highest BCUT2D eigenvalue weighted by Gasteiger charge is 2.26. The summed E-state index contributed by atoms with van der Waals surface area (Å²) in [5, 5.41) is 11.1. The van der Waals surface area contributed by atoms with Crippen molar-refractivity contribution in [3.63, 3.8) is 0 Å². The minimum atomic E-state index is -3.54. The predicted molar refractivity (Wildman–Crippen MR) is 130 cm³/mol. The Hall–Kier alpha value is -3.31. The van der Waals surface area contributed by atoms with Gasteiger partial charge in [-0.25, -0.2) is 17.9 Å². The third-order valence-corrected chi connectivity index (χ3v) is 7.76. The Morgan fingerprint density at radius 3 is 2.66 bits per heavy atom. The number of hydrogen-bond acceptors (Lipinski definition) is 7. The molecule has 0 spiro atoms. The van der Waals surface area contributed by atoms with Gasteiger partial charge in [-0.1, -0.05) is 17.7 Å². The lowest BCUT2D eigenvalue weighted by Crippen LogP contribution is -2.35. The summed E-state index contributed by atoms with van der Waals surface area (Å²) in [5.74, 6) is -0.626. The minimum absolute atomic E-state index is 0.189. The number of hydrogen-bond donors (Lipinski definition) is 1. The SMILES string of the molecule is CCOC(=O)c1cccc(NC(=O)CCCn2nnc3cc(S(=O)(=O)N4CCCCC4)ccc32)c1.